The fraction of sp³-hybridized carbons (Fsp3) is 0.400. The van der Waals surface area contributed by atoms with Gasteiger partial charge in [-0.2, -0.15) is 0 Å². The molecule has 3 amide bonds. The van der Waals surface area contributed by atoms with Crippen LogP contribution in [0.2, 0.25) is 18.6 Å². The Hall–Kier alpha value is -4.81. The van der Waals surface area contributed by atoms with Crippen LogP contribution in [0.3, 0.4) is 0 Å². The molecule has 3 N–H and O–H groups in total. The van der Waals surface area contributed by atoms with Gasteiger partial charge in [0.05, 0.1) is 52.5 Å². The maximum atomic E-state index is 15.4. The molecule has 1 unspecified atom stereocenters. The first-order valence-corrected chi connectivity index (χ1v) is 22.9. The summed E-state index contributed by atoms with van der Waals surface area (Å²) in [6.45, 7) is 8.93. The number of piperidine rings is 1. The maximum Gasteiger partial charge on any atom is 0.264 e. The molecule has 0 radical (unpaired) electrons. The first-order chi connectivity index (χ1) is 27.1. The average molecular weight is 775 g/mol. The van der Waals surface area contributed by atoms with E-state index in [1.165, 1.54) is 5.19 Å². The van der Waals surface area contributed by atoms with Crippen molar-refractivity contribution in [2.75, 3.05) is 43.6 Å². The van der Waals surface area contributed by atoms with Crippen LogP contribution in [-0.2, 0) is 37.8 Å². The number of rotatable bonds is 13. The third kappa shape index (κ3) is 7.65. The molecular weight excluding hydrogens is 721 g/mol. The van der Waals surface area contributed by atoms with Crippen molar-refractivity contribution < 1.29 is 29.0 Å². The van der Waals surface area contributed by atoms with Crippen LogP contribution in [0.15, 0.2) is 103 Å². The molecule has 10 nitrogen and oxygen atoms in total. The average Bonchev–Trinajstić information content (AvgIpc) is 3.64. The molecule has 3 heterocycles. The summed E-state index contributed by atoms with van der Waals surface area (Å²) >= 11 is 0. The van der Waals surface area contributed by atoms with Gasteiger partial charge in [-0.15, -0.1) is 0 Å². The molecule has 1 spiro atoms. The molecule has 3 aliphatic rings. The summed E-state index contributed by atoms with van der Waals surface area (Å²) in [7, 11) is -0.904. The van der Waals surface area contributed by atoms with E-state index in [4.69, 9.17) is 9.47 Å². The van der Waals surface area contributed by atoms with Crippen LogP contribution < -0.4 is 25.5 Å². The first kappa shape index (κ1) is 39.4. The number of aliphatic hydroxyl groups is 1. The molecule has 56 heavy (non-hydrogen) atoms. The summed E-state index contributed by atoms with van der Waals surface area (Å²) in [5.41, 5.74) is 2.42. The number of anilines is 2. The van der Waals surface area contributed by atoms with Gasteiger partial charge in [-0.25, -0.2) is 0 Å². The number of hydrogen-bond acceptors (Lipinski definition) is 7. The van der Waals surface area contributed by atoms with E-state index in [1.54, 1.807) is 12.0 Å². The third-order valence-corrected chi connectivity index (χ3v) is 16.6. The van der Waals surface area contributed by atoms with Crippen LogP contribution in [0.25, 0.3) is 0 Å². The second-order valence-corrected chi connectivity index (χ2v) is 20.7. The molecule has 4 aromatic carbocycles. The van der Waals surface area contributed by atoms with E-state index in [1.807, 2.05) is 95.9 Å². The smallest absolute Gasteiger partial charge is 0.264 e. The van der Waals surface area contributed by atoms with Gasteiger partial charge in [0, 0.05) is 36.8 Å². The molecule has 2 saturated heterocycles. The number of carbonyl (C=O) groups excluding carboxylic acids is 3. The summed E-state index contributed by atoms with van der Waals surface area (Å²) < 4.78 is 12.8. The lowest BCUT2D eigenvalue weighted by Crippen LogP contribution is -2.52. The number of methoxy groups -OCH3 is 1. The predicted molar refractivity (Wildman–Crippen MR) is 221 cm³/mol. The minimum atomic E-state index is -2.55. The summed E-state index contributed by atoms with van der Waals surface area (Å²) in [6.07, 6.45) is 1.19. The van der Waals surface area contributed by atoms with E-state index in [2.05, 4.69) is 42.8 Å². The standard InChI is InChI=1S/C45H54N4O6Si/c1-31-42(56(3,4)37-20-18-36(54-2)19-21-37)40(27-41(51)48(24-25-50)29-32-12-7-5-8-13-32)55-45(31)38-26-35(47-43(52)34-16-11-23-46-28-34)17-22-39(38)49(44(45)53)30-33-14-9-6-10-15-33/h5-10,12-15,17-22,26,31,34,40,42,46,50H,11,16,23-25,27-30H2,1-4H3,(H,47,52)/t31-,34?,40+,42-,45+/m0/s1. The highest BCUT2D eigenvalue weighted by molar-refractivity contribution is 6.91. The molecule has 0 saturated carbocycles. The number of benzene rings is 4. The summed E-state index contributed by atoms with van der Waals surface area (Å²) in [5, 5.41) is 17.7. The number of hydrogen-bond donors (Lipinski definition) is 3. The van der Waals surface area contributed by atoms with Crippen molar-refractivity contribution in [3.05, 3.63) is 120 Å². The van der Waals surface area contributed by atoms with E-state index in [-0.39, 0.29) is 54.7 Å². The fourth-order valence-corrected chi connectivity index (χ4v) is 13.4. The van der Waals surface area contributed by atoms with Crippen molar-refractivity contribution in [2.45, 2.75) is 69.6 Å². The molecule has 0 aromatic heterocycles. The largest absolute Gasteiger partial charge is 0.497 e. The second-order valence-electron chi connectivity index (χ2n) is 16.0. The maximum absolute atomic E-state index is 15.4. The molecule has 4 aromatic rings. The van der Waals surface area contributed by atoms with Crippen LogP contribution in [0, 0.1) is 11.8 Å². The van der Waals surface area contributed by atoms with E-state index >= 15 is 4.79 Å². The molecule has 294 valence electrons. The second kappa shape index (κ2) is 16.7. The fourth-order valence-electron chi connectivity index (χ4n) is 9.35. The van der Waals surface area contributed by atoms with Gasteiger partial charge >= 0.3 is 0 Å². The quantitative estimate of drug-likeness (QED) is 0.147. The monoisotopic (exact) mass is 774 g/mol. The molecule has 0 bridgehead atoms. The molecule has 0 aliphatic carbocycles. The summed E-state index contributed by atoms with van der Waals surface area (Å²) in [6, 6.07) is 33.6. The number of ether oxygens (including phenoxy) is 2. The lowest BCUT2D eigenvalue weighted by atomic mass is 9.82. The van der Waals surface area contributed by atoms with Crippen LogP contribution in [0.4, 0.5) is 11.4 Å². The Balaban J connectivity index is 1.31. The van der Waals surface area contributed by atoms with E-state index < -0.39 is 19.8 Å². The summed E-state index contributed by atoms with van der Waals surface area (Å²) in [5.74, 6) is -0.0834. The zero-order valence-corrected chi connectivity index (χ0v) is 33.9. The lowest BCUT2D eigenvalue weighted by molar-refractivity contribution is -0.150. The van der Waals surface area contributed by atoms with Gasteiger partial charge in [-0.1, -0.05) is 98.0 Å². The number of nitrogens with zero attached hydrogens (tertiary/aromatic N) is 2. The Kier molecular flexibility index (Phi) is 11.8. The van der Waals surface area contributed by atoms with Gasteiger partial charge in [-0.05, 0) is 66.4 Å². The SMILES string of the molecule is COc1ccc([Si](C)(C)[C@@H]2[C@@H](CC(=O)N(CCO)Cc3ccccc3)O[C@]3(C(=O)N(Cc4ccccc4)c4ccc(NC(=O)C5CCCNC5)cc43)[C@H]2C)cc1. The van der Waals surface area contributed by atoms with Gasteiger partial charge in [0.15, 0.2) is 5.60 Å². The number of aliphatic hydroxyl groups excluding tert-OH is 1. The Labute approximate surface area is 331 Å². The van der Waals surface area contributed by atoms with Crippen molar-refractivity contribution in [2.24, 2.45) is 11.8 Å². The van der Waals surface area contributed by atoms with Crippen molar-refractivity contribution in [1.29, 1.82) is 0 Å². The molecule has 11 heteroatoms. The minimum Gasteiger partial charge on any atom is -0.497 e. The van der Waals surface area contributed by atoms with Crippen molar-refractivity contribution in [3.63, 3.8) is 0 Å². The highest BCUT2D eigenvalue weighted by Gasteiger charge is 2.66. The van der Waals surface area contributed by atoms with Crippen LogP contribution in [-0.4, -0.2) is 75.3 Å². The Bertz CT molecular complexity index is 2010. The van der Waals surface area contributed by atoms with Gasteiger partial charge in [0.1, 0.15) is 5.75 Å². The highest BCUT2D eigenvalue weighted by atomic mass is 28.3. The zero-order valence-electron chi connectivity index (χ0n) is 32.9. The summed E-state index contributed by atoms with van der Waals surface area (Å²) in [4.78, 5) is 46.8. The van der Waals surface area contributed by atoms with Gasteiger partial charge < -0.3 is 35.0 Å². The topological polar surface area (TPSA) is 120 Å². The van der Waals surface area contributed by atoms with Crippen molar-refractivity contribution >= 4 is 42.4 Å². The Morgan fingerprint density at radius 1 is 1.00 bits per heavy atom. The lowest BCUT2D eigenvalue weighted by Gasteiger charge is -2.37. The van der Waals surface area contributed by atoms with Gasteiger partial charge in [-0.3, -0.25) is 14.4 Å². The molecule has 5 atom stereocenters. The number of amides is 3. The minimum absolute atomic E-state index is 0.0442. The zero-order chi connectivity index (χ0) is 39.5. The van der Waals surface area contributed by atoms with Crippen molar-refractivity contribution in [3.8, 4) is 5.75 Å². The van der Waals surface area contributed by atoms with E-state index in [0.717, 1.165) is 42.0 Å². The van der Waals surface area contributed by atoms with E-state index in [9.17, 15) is 14.7 Å². The van der Waals surface area contributed by atoms with Gasteiger partial charge in [0.25, 0.3) is 5.91 Å². The number of nitrogens with one attached hydrogen (secondary N) is 2. The Morgan fingerprint density at radius 2 is 1.70 bits per heavy atom. The molecule has 2 fully saturated rings. The normalized spacial score (nSPS) is 23.2. The molecule has 3 aliphatic heterocycles. The van der Waals surface area contributed by atoms with Crippen LogP contribution in [0.1, 0.15) is 42.9 Å². The van der Waals surface area contributed by atoms with Crippen LogP contribution in [0.5, 0.6) is 5.75 Å². The third-order valence-electron chi connectivity index (χ3n) is 12.3. The predicted octanol–water partition coefficient (Wildman–Crippen LogP) is 5.81. The highest BCUT2D eigenvalue weighted by Crippen LogP contribution is 2.60. The molecular formula is C45H54N4O6Si. The Morgan fingerprint density at radius 3 is 2.34 bits per heavy atom. The number of carbonyl (C=O) groups is 3. The van der Waals surface area contributed by atoms with Crippen LogP contribution >= 0.6 is 0 Å². The van der Waals surface area contributed by atoms with Crippen molar-refractivity contribution in [1.82, 2.24) is 10.2 Å². The molecule has 7 rings (SSSR count). The van der Waals surface area contributed by atoms with Gasteiger partial charge in [0.2, 0.25) is 11.8 Å². The number of fused-ring (bicyclic) bond motifs is 2. The first-order valence-electron chi connectivity index (χ1n) is 19.8. The van der Waals surface area contributed by atoms with E-state index in [0.29, 0.717) is 30.9 Å².